The van der Waals surface area contributed by atoms with E-state index < -0.39 is 6.10 Å². The van der Waals surface area contributed by atoms with Gasteiger partial charge in [0.2, 0.25) is 0 Å². The zero-order valence-corrected chi connectivity index (χ0v) is 10.6. The van der Waals surface area contributed by atoms with E-state index in [4.69, 9.17) is 4.74 Å². The van der Waals surface area contributed by atoms with Crippen molar-refractivity contribution in [3.05, 3.63) is 12.2 Å². The largest absolute Gasteiger partial charge is 0.390 e. The standard InChI is InChI=1S/C13H25NO2/c1-4-6-14-7-8-16-13(10-14)12(15)9-11(3)5-2/h12-13,15H,3-10H2,1-2H3. The van der Waals surface area contributed by atoms with Crippen LogP contribution < -0.4 is 0 Å². The van der Waals surface area contributed by atoms with Crippen LogP contribution >= 0.6 is 0 Å². The Morgan fingerprint density at radius 2 is 2.31 bits per heavy atom. The Kier molecular flexibility index (Phi) is 6.03. The molecule has 0 aliphatic carbocycles. The minimum Gasteiger partial charge on any atom is -0.390 e. The van der Waals surface area contributed by atoms with Crippen LogP contribution in [0.4, 0.5) is 0 Å². The first-order valence-corrected chi connectivity index (χ1v) is 6.36. The van der Waals surface area contributed by atoms with Crippen molar-refractivity contribution in [3.63, 3.8) is 0 Å². The molecule has 1 aliphatic rings. The van der Waals surface area contributed by atoms with Crippen molar-refractivity contribution in [2.75, 3.05) is 26.2 Å². The lowest BCUT2D eigenvalue weighted by atomic mass is 10.0. The summed E-state index contributed by atoms with van der Waals surface area (Å²) in [5.74, 6) is 0. The molecule has 0 aromatic carbocycles. The van der Waals surface area contributed by atoms with Crippen molar-refractivity contribution < 1.29 is 9.84 Å². The number of aliphatic hydroxyl groups excluding tert-OH is 1. The van der Waals surface area contributed by atoms with Gasteiger partial charge < -0.3 is 9.84 Å². The first kappa shape index (κ1) is 13.7. The van der Waals surface area contributed by atoms with E-state index in [9.17, 15) is 5.11 Å². The maximum atomic E-state index is 10.0. The molecule has 94 valence electrons. The van der Waals surface area contributed by atoms with Gasteiger partial charge in [0.25, 0.3) is 0 Å². The monoisotopic (exact) mass is 227 g/mol. The highest BCUT2D eigenvalue weighted by Crippen LogP contribution is 2.16. The second-order valence-corrected chi connectivity index (χ2v) is 4.58. The van der Waals surface area contributed by atoms with Gasteiger partial charge in [0.05, 0.1) is 18.8 Å². The van der Waals surface area contributed by atoms with E-state index >= 15 is 0 Å². The third-order valence-corrected chi connectivity index (χ3v) is 3.14. The Bertz CT molecular complexity index is 216. The summed E-state index contributed by atoms with van der Waals surface area (Å²) in [5, 5.41) is 10.0. The van der Waals surface area contributed by atoms with Gasteiger partial charge in [0.15, 0.2) is 0 Å². The highest BCUT2D eigenvalue weighted by molar-refractivity contribution is 4.97. The molecule has 16 heavy (non-hydrogen) atoms. The molecule has 0 bridgehead atoms. The Morgan fingerprint density at radius 1 is 1.56 bits per heavy atom. The van der Waals surface area contributed by atoms with E-state index in [2.05, 4.69) is 25.3 Å². The minimum atomic E-state index is -0.396. The number of nitrogens with zero attached hydrogens (tertiary/aromatic N) is 1. The summed E-state index contributed by atoms with van der Waals surface area (Å²) < 4.78 is 5.63. The third-order valence-electron chi connectivity index (χ3n) is 3.14. The quantitative estimate of drug-likeness (QED) is 0.703. The summed E-state index contributed by atoms with van der Waals surface area (Å²) in [6.45, 7) is 11.9. The average molecular weight is 227 g/mol. The van der Waals surface area contributed by atoms with E-state index in [0.29, 0.717) is 6.42 Å². The Balaban J connectivity index is 2.37. The molecule has 2 unspecified atom stereocenters. The Hall–Kier alpha value is -0.380. The topological polar surface area (TPSA) is 32.7 Å². The average Bonchev–Trinajstić information content (AvgIpc) is 2.29. The lowest BCUT2D eigenvalue weighted by Crippen LogP contribution is -2.47. The predicted molar refractivity (Wildman–Crippen MR) is 66.5 cm³/mol. The molecule has 1 fully saturated rings. The van der Waals surface area contributed by atoms with Crippen LogP contribution in [0.2, 0.25) is 0 Å². The van der Waals surface area contributed by atoms with Crippen LogP contribution in [0.5, 0.6) is 0 Å². The van der Waals surface area contributed by atoms with Gasteiger partial charge in [-0.1, -0.05) is 26.0 Å². The zero-order chi connectivity index (χ0) is 12.0. The smallest absolute Gasteiger partial charge is 0.0964 e. The van der Waals surface area contributed by atoms with E-state index in [0.717, 1.165) is 44.7 Å². The van der Waals surface area contributed by atoms with E-state index in [1.54, 1.807) is 0 Å². The van der Waals surface area contributed by atoms with E-state index in [1.165, 1.54) is 0 Å². The summed E-state index contributed by atoms with van der Waals surface area (Å²) in [4.78, 5) is 2.37. The Morgan fingerprint density at radius 3 is 2.94 bits per heavy atom. The summed E-state index contributed by atoms with van der Waals surface area (Å²) in [7, 11) is 0. The number of aliphatic hydroxyl groups is 1. The summed E-state index contributed by atoms with van der Waals surface area (Å²) in [6.07, 6.45) is 2.32. The second-order valence-electron chi connectivity index (χ2n) is 4.58. The van der Waals surface area contributed by atoms with Crippen LogP contribution in [-0.2, 0) is 4.74 Å². The molecule has 1 N–H and O–H groups in total. The summed E-state index contributed by atoms with van der Waals surface area (Å²) in [6, 6.07) is 0. The van der Waals surface area contributed by atoms with Crippen LogP contribution in [0, 0.1) is 0 Å². The number of ether oxygens (including phenoxy) is 1. The normalized spacial score (nSPS) is 24.3. The molecule has 1 aliphatic heterocycles. The lowest BCUT2D eigenvalue weighted by molar-refractivity contribution is -0.0878. The van der Waals surface area contributed by atoms with E-state index in [-0.39, 0.29) is 6.10 Å². The first-order valence-electron chi connectivity index (χ1n) is 6.36. The van der Waals surface area contributed by atoms with Crippen LogP contribution in [0.1, 0.15) is 33.1 Å². The number of rotatable bonds is 6. The predicted octanol–water partition coefficient (Wildman–Crippen LogP) is 1.81. The molecule has 2 atom stereocenters. The molecular formula is C13H25NO2. The molecule has 1 heterocycles. The fourth-order valence-electron chi connectivity index (χ4n) is 2.06. The summed E-state index contributed by atoms with van der Waals surface area (Å²) in [5.41, 5.74) is 1.10. The third kappa shape index (κ3) is 4.24. The molecule has 0 radical (unpaired) electrons. The fourth-order valence-corrected chi connectivity index (χ4v) is 2.06. The molecule has 0 aromatic heterocycles. The number of hydrogen-bond acceptors (Lipinski definition) is 3. The molecule has 3 nitrogen and oxygen atoms in total. The number of morpholine rings is 1. The van der Waals surface area contributed by atoms with Crippen molar-refractivity contribution in [3.8, 4) is 0 Å². The maximum absolute atomic E-state index is 10.0. The van der Waals surface area contributed by atoms with Crippen molar-refractivity contribution >= 4 is 0 Å². The molecule has 0 amide bonds. The van der Waals surface area contributed by atoms with Crippen LogP contribution in [-0.4, -0.2) is 48.5 Å². The van der Waals surface area contributed by atoms with Crippen molar-refractivity contribution in [1.29, 1.82) is 0 Å². The zero-order valence-electron chi connectivity index (χ0n) is 10.6. The molecule has 1 rings (SSSR count). The van der Waals surface area contributed by atoms with Gasteiger partial charge >= 0.3 is 0 Å². The lowest BCUT2D eigenvalue weighted by Gasteiger charge is -2.35. The SMILES string of the molecule is C=C(CC)CC(O)C1CN(CCC)CCO1. The molecule has 0 aromatic rings. The molecular weight excluding hydrogens is 202 g/mol. The van der Waals surface area contributed by atoms with E-state index in [1.807, 2.05) is 0 Å². The van der Waals surface area contributed by atoms with Gasteiger partial charge in [-0.3, -0.25) is 4.90 Å². The molecule has 3 heteroatoms. The van der Waals surface area contributed by atoms with Gasteiger partial charge in [-0.2, -0.15) is 0 Å². The van der Waals surface area contributed by atoms with Gasteiger partial charge in [0, 0.05) is 13.1 Å². The van der Waals surface area contributed by atoms with Crippen molar-refractivity contribution in [2.24, 2.45) is 0 Å². The van der Waals surface area contributed by atoms with Crippen LogP contribution in [0.25, 0.3) is 0 Å². The highest BCUT2D eigenvalue weighted by atomic mass is 16.5. The molecule has 0 spiro atoms. The van der Waals surface area contributed by atoms with Gasteiger partial charge in [0.1, 0.15) is 0 Å². The minimum absolute atomic E-state index is 0.0383. The van der Waals surface area contributed by atoms with Crippen LogP contribution in [0.3, 0.4) is 0 Å². The highest BCUT2D eigenvalue weighted by Gasteiger charge is 2.26. The van der Waals surface area contributed by atoms with Gasteiger partial charge in [-0.05, 0) is 25.8 Å². The van der Waals surface area contributed by atoms with Gasteiger partial charge in [-0.25, -0.2) is 0 Å². The van der Waals surface area contributed by atoms with Gasteiger partial charge in [-0.15, -0.1) is 0 Å². The molecule has 0 saturated carbocycles. The molecule has 1 saturated heterocycles. The maximum Gasteiger partial charge on any atom is 0.0964 e. The van der Waals surface area contributed by atoms with Crippen molar-refractivity contribution in [1.82, 2.24) is 4.90 Å². The first-order chi connectivity index (χ1) is 7.67. The second kappa shape index (κ2) is 7.05. The fraction of sp³-hybridized carbons (Fsp3) is 0.846. The summed E-state index contributed by atoms with van der Waals surface area (Å²) >= 11 is 0. The number of hydrogen-bond donors (Lipinski definition) is 1. The van der Waals surface area contributed by atoms with Crippen LogP contribution in [0.15, 0.2) is 12.2 Å². The Labute approximate surface area is 99.1 Å². The van der Waals surface area contributed by atoms with Crippen molar-refractivity contribution in [2.45, 2.75) is 45.3 Å².